The van der Waals surface area contributed by atoms with Crippen LogP contribution in [0.1, 0.15) is 24.0 Å². The second kappa shape index (κ2) is 6.97. The van der Waals surface area contributed by atoms with Gasteiger partial charge in [-0.1, -0.05) is 12.1 Å². The van der Waals surface area contributed by atoms with Gasteiger partial charge in [0.2, 0.25) is 0 Å². The summed E-state index contributed by atoms with van der Waals surface area (Å²) in [6.07, 6.45) is 3.84. The van der Waals surface area contributed by atoms with Crippen LogP contribution >= 0.6 is 0 Å². The maximum absolute atomic E-state index is 13.3. The fourth-order valence-electron chi connectivity index (χ4n) is 6.02. The van der Waals surface area contributed by atoms with Crippen molar-refractivity contribution in [2.75, 3.05) is 6.54 Å². The monoisotopic (exact) mass is 452 g/mol. The van der Waals surface area contributed by atoms with Gasteiger partial charge in [-0.25, -0.2) is 9.11 Å². The predicted molar refractivity (Wildman–Crippen MR) is 120 cm³/mol. The molecule has 3 aromatic rings. The summed E-state index contributed by atoms with van der Waals surface area (Å²) in [4.78, 5) is 0. The Balaban J connectivity index is 1.34. The van der Waals surface area contributed by atoms with Gasteiger partial charge >= 0.3 is 0 Å². The van der Waals surface area contributed by atoms with E-state index in [1.54, 1.807) is 12.1 Å². The highest BCUT2D eigenvalue weighted by molar-refractivity contribution is 7.87. The van der Waals surface area contributed by atoms with E-state index < -0.39 is 10.2 Å². The average Bonchev–Trinajstić information content (AvgIpc) is 3.36. The van der Waals surface area contributed by atoms with Crippen molar-refractivity contribution in [3.05, 3.63) is 65.5 Å². The standard InChI is InChI=1S/C24H25FN4O2S/c1-29-23(15-4-8-21(25)9-5-15)13-22(27-29)17-3-2-16-11-19-6-7-20(12-18(16)10-17)24(19)14-26-32(30,31)28-24/h2-5,8-10,13,19-20,26,28H,6-7,11-12,14H2,1H3/t19-,20+,24-/m1/s1. The van der Waals surface area contributed by atoms with Crippen LogP contribution in [0.4, 0.5) is 4.39 Å². The minimum atomic E-state index is -3.40. The highest BCUT2D eigenvalue weighted by Gasteiger charge is 2.56. The molecule has 1 spiro atoms. The van der Waals surface area contributed by atoms with Crippen molar-refractivity contribution in [1.29, 1.82) is 0 Å². The number of nitrogens with one attached hydrogen (secondary N) is 2. The van der Waals surface area contributed by atoms with Gasteiger partial charge in [0.15, 0.2) is 0 Å². The molecule has 1 aliphatic heterocycles. The number of nitrogens with zero attached hydrogens (tertiary/aromatic N) is 2. The Labute approximate surface area is 187 Å². The normalized spacial score (nSPS) is 28.1. The van der Waals surface area contributed by atoms with E-state index in [0.29, 0.717) is 12.5 Å². The number of hydrogen-bond donors (Lipinski definition) is 2. The van der Waals surface area contributed by atoms with Crippen molar-refractivity contribution in [2.24, 2.45) is 18.9 Å². The van der Waals surface area contributed by atoms with Crippen molar-refractivity contribution in [3.63, 3.8) is 0 Å². The second-order valence-corrected chi connectivity index (χ2v) is 10.9. The number of aromatic nitrogens is 2. The van der Waals surface area contributed by atoms with E-state index in [1.807, 2.05) is 17.8 Å². The van der Waals surface area contributed by atoms with Gasteiger partial charge in [0.1, 0.15) is 5.82 Å². The minimum absolute atomic E-state index is 0.256. The summed E-state index contributed by atoms with van der Waals surface area (Å²) in [5.74, 6) is 0.338. The average molecular weight is 453 g/mol. The molecule has 32 heavy (non-hydrogen) atoms. The number of benzene rings is 2. The highest BCUT2D eigenvalue weighted by atomic mass is 32.2. The molecule has 2 fully saturated rings. The van der Waals surface area contributed by atoms with Crippen molar-refractivity contribution in [2.45, 2.75) is 31.2 Å². The largest absolute Gasteiger partial charge is 0.277 e. The van der Waals surface area contributed by atoms with E-state index in [1.165, 1.54) is 23.3 Å². The number of halogens is 1. The van der Waals surface area contributed by atoms with E-state index in [0.717, 1.165) is 48.2 Å². The van der Waals surface area contributed by atoms with E-state index in [-0.39, 0.29) is 17.3 Å². The smallest absolute Gasteiger partial charge is 0.267 e. The molecule has 0 amide bonds. The third-order valence-electron chi connectivity index (χ3n) is 7.65. The molecule has 0 unspecified atom stereocenters. The van der Waals surface area contributed by atoms with Gasteiger partial charge in [-0.2, -0.15) is 18.2 Å². The summed E-state index contributed by atoms with van der Waals surface area (Å²) >= 11 is 0. The lowest BCUT2D eigenvalue weighted by molar-refractivity contribution is 0.245. The molecule has 1 saturated carbocycles. The van der Waals surface area contributed by atoms with Crippen molar-refractivity contribution >= 4 is 10.2 Å². The molecule has 2 heterocycles. The zero-order chi connectivity index (χ0) is 22.1. The van der Waals surface area contributed by atoms with Crippen molar-refractivity contribution in [1.82, 2.24) is 19.2 Å². The topological polar surface area (TPSA) is 76.0 Å². The van der Waals surface area contributed by atoms with Crippen molar-refractivity contribution in [3.8, 4) is 22.5 Å². The van der Waals surface area contributed by atoms with E-state index in [4.69, 9.17) is 5.10 Å². The van der Waals surface area contributed by atoms with Crippen LogP contribution in [0.15, 0.2) is 48.5 Å². The molecule has 166 valence electrons. The molecule has 6 rings (SSSR count). The Kier molecular flexibility index (Phi) is 4.38. The quantitative estimate of drug-likeness (QED) is 0.627. The molecular weight excluding hydrogens is 427 g/mol. The molecule has 6 nitrogen and oxygen atoms in total. The molecule has 1 aromatic heterocycles. The lowest BCUT2D eigenvalue weighted by Gasteiger charge is -2.33. The molecule has 2 aromatic carbocycles. The molecule has 0 radical (unpaired) electrons. The Bertz CT molecular complexity index is 1320. The van der Waals surface area contributed by atoms with Crippen LogP contribution in [0, 0.1) is 17.7 Å². The lowest BCUT2D eigenvalue weighted by atomic mass is 9.80. The number of aryl methyl sites for hydroxylation is 1. The van der Waals surface area contributed by atoms with Crippen LogP contribution in [0.3, 0.4) is 0 Å². The molecule has 3 atom stereocenters. The summed E-state index contributed by atoms with van der Waals surface area (Å²) < 4.78 is 45.2. The molecule has 1 saturated heterocycles. The Morgan fingerprint density at radius 1 is 1.00 bits per heavy atom. The molecule has 2 aliphatic carbocycles. The lowest BCUT2D eigenvalue weighted by Crippen LogP contribution is -2.52. The van der Waals surface area contributed by atoms with Crippen LogP contribution in [0.2, 0.25) is 0 Å². The first-order chi connectivity index (χ1) is 15.3. The molecule has 2 bridgehead atoms. The summed E-state index contributed by atoms with van der Waals surface area (Å²) in [6, 6.07) is 15.0. The van der Waals surface area contributed by atoms with Crippen LogP contribution in [-0.2, 0) is 30.1 Å². The van der Waals surface area contributed by atoms with Gasteiger partial charge in [-0.05, 0) is 90.6 Å². The van der Waals surface area contributed by atoms with Gasteiger partial charge in [0, 0.05) is 19.2 Å². The third-order valence-corrected chi connectivity index (χ3v) is 8.83. The number of rotatable bonds is 2. The van der Waals surface area contributed by atoms with Gasteiger partial charge < -0.3 is 0 Å². The van der Waals surface area contributed by atoms with Crippen LogP contribution < -0.4 is 9.44 Å². The third kappa shape index (κ3) is 3.12. The van der Waals surface area contributed by atoms with Gasteiger partial charge in [-0.15, -0.1) is 0 Å². The molecular formula is C24H25FN4O2S. The Morgan fingerprint density at radius 3 is 2.38 bits per heavy atom. The summed E-state index contributed by atoms with van der Waals surface area (Å²) in [6.45, 7) is 0.479. The Hall–Kier alpha value is -2.55. The minimum Gasteiger partial charge on any atom is -0.267 e. The summed E-state index contributed by atoms with van der Waals surface area (Å²) in [5, 5.41) is 4.71. The number of fused-ring (bicyclic) bond motifs is 1. The fraction of sp³-hybridized carbons (Fsp3) is 0.375. The van der Waals surface area contributed by atoms with E-state index in [9.17, 15) is 12.8 Å². The SMILES string of the molecule is Cn1nc(-c2ccc3c(c2)C[C@@H]2CC[C@H](C3)[C@]23CNS(=O)(=O)N3)cc1-c1ccc(F)cc1. The first-order valence-electron chi connectivity index (χ1n) is 11.0. The highest BCUT2D eigenvalue weighted by Crippen LogP contribution is 2.49. The first kappa shape index (κ1) is 20.1. The predicted octanol–water partition coefficient (Wildman–Crippen LogP) is 3.19. The van der Waals surface area contributed by atoms with Crippen molar-refractivity contribution < 1.29 is 12.8 Å². The molecule has 3 aliphatic rings. The zero-order valence-electron chi connectivity index (χ0n) is 17.8. The summed E-state index contributed by atoms with van der Waals surface area (Å²) in [5.41, 5.74) is 5.99. The maximum Gasteiger partial charge on any atom is 0.277 e. The Morgan fingerprint density at radius 2 is 1.69 bits per heavy atom. The second-order valence-electron chi connectivity index (χ2n) is 9.38. The maximum atomic E-state index is 13.3. The van der Waals surface area contributed by atoms with Crippen LogP contribution in [0.5, 0.6) is 0 Å². The van der Waals surface area contributed by atoms with Crippen LogP contribution in [-0.4, -0.2) is 30.3 Å². The summed E-state index contributed by atoms with van der Waals surface area (Å²) in [7, 11) is -1.51. The number of hydrogen-bond acceptors (Lipinski definition) is 3. The molecule has 8 heteroatoms. The van der Waals surface area contributed by atoms with Gasteiger partial charge in [0.05, 0.1) is 16.9 Å². The molecule has 2 N–H and O–H groups in total. The van der Waals surface area contributed by atoms with Gasteiger partial charge in [0.25, 0.3) is 10.2 Å². The fourth-order valence-corrected chi connectivity index (χ4v) is 7.42. The van der Waals surface area contributed by atoms with E-state index in [2.05, 4.69) is 27.6 Å². The zero-order valence-corrected chi connectivity index (χ0v) is 18.6. The van der Waals surface area contributed by atoms with Crippen LogP contribution in [0.25, 0.3) is 22.5 Å². The van der Waals surface area contributed by atoms with E-state index >= 15 is 0 Å². The first-order valence-corrected chi connectivity index (χ1v) is 12.5. The van der Waals surface area contributed by atoms with Gasteiger partial charge in [-0.3, -0.25) is 4.68 Å².